The molecule has 0 aliphatic rings. The largest absolute Gasteiger partial charge is 0.396 e. The Labute approximate surface area is 161 Å². The van der Waals surface area contributed by atoms with E-state index in [1.54, 1.807) is 0 Å². The van der Waals surface area contributed by atoms with Gasteiger partial charge in [-0.1, -0.05) is 143 Å². The van der Waals surface area contributed by atoms with Gasteiger partial charge in [0.25, 0.3) is 0 Å². The van der Waals surface area contributed by atoms with Gasteiger partial charge in [0.05, 0.1) is 0 Å². The lowest BCUT2D eigenvalue weighted by Gasteiger charge is -2.04. The van der Waals surface area contributed by atoms with Gasteiger partial charge in [0, 0.05) is 6.61 Å². The first-order chi connectivity index (χ1) is 11.9. The van der Waals surface area contributed by atoms with E-state index in [9.17, 15) is 0 Å². The standard InChI is InChI=1S/C23H48O.CH4/c1-2-3-4-5-6-7-8-9-10-11-12-13-14-15-16-17-18-19-20-21-22-23-24;/h24H,2-23H2,1H3;1H4. The van der Waals surface area contributed by atoms with Crippen molar-refractivity contribution in [2.75, 3.05) is 6.61 Å². The second kappa shape index (κ2) is 26.2. The van der Waals surface area contributed by atoms with Crippen LogP contribution < -0.4 is 0 Å². The summed E-state index contributed by atoms with van der Waals surface area (Å²) in [5.41, 5.74) is 0. The van der Waals surface area contributed by atoms with Crippen molar-refractivity contribution in [3.63, 3.8) is 0 Å². The van der Waals surface area contributed by atoms with Crippen LogP contribution in [0.4, 0.5) is 0 Å². The van der Waals surface area contributed by atoms with E-state index in [0.717, 1.165) is 6.42 Å². The highest BCUT2D eigenvalue weighted by Crippen LogP contribution is 2.14. The molecule has 0 heterocycles. The van der Waals surface area contributed by atoms with Gasteiger partial charge in [-0.2, -0.15) is 0 Å². The zero-order valence-electron chi connectivity index (χ0n) is 17.0. The molecule has 1 N–H and O–H groups in total. The fourth-order valence-corrected chi connectivity index (χ4v) is 3.54. The van der Waals surface area contributed by atoms with Crippen LogP contribution in [-0.2, 0) is 0 Å². The molecule has 0 aliphatic heterocycles. The average Bonchev–Trinajstić information content (AvgIpc) is 2.60. The average molecular weight is 357 g/mol. The maximum Gasteiger partial charge on any atom is 0.0431 e. The van der Waals surface area contributed by atoms with Crippen LogP contribution in [0.5, 0.6) is 0 Å². The number of rotatable bonds is 21. The molecule has 0 spiro atoms. The highest BCUT2D eigenvalue weighted by molar-refractivity contribution is 4.50. The molecule has 0 rings (SSSR count). The number of aliphatic hydroxyl groups excluding tert-OH is 1. The Bertz CT molecular complexity index is 180. The van der Waals surface area contributed by atoms with Gasteiger partial charge in [0.1, 0.15) is 0 Å². The van der Waals surface area contributed by atoms with Gasteiger partial charge in [0.2, 0.25) is 0 Å². The minimum absolute atomic E-state index is 0. The van der Waals surface area contributed by atoms with Crippen molar-refractivity contribution >= 4 is 0 Å². The summed E-state index contributed by atoms with van der Waals surface area (Å²) < 4.78 is 0. The maximum absolute atomic E-state index is 8.72. The molecule has 0 bridgehead atoms. The lowest BCUT2D eigenvalue weighted by atomic mass is 10.0. The summed E-state index contributed by atoms with van der Waals surface area (Å²) in [5.74, 6) is 0. The highest BCUT2D eigenvalue weighted by Gasteiger charge is 1.95. The van der Waals surface area contributed by atoms with Crippen LogP contribution >= 0.6 is 0 Å². The molecule has 0 fully saturated rings. The normalized spacial score (nSPS) is 10.8. The van der Waals surface area contributed by atoms with E-state index in [1.165, 1.54) is 128 Å². The van der Waals surface area contributed by atoms with Crippen LogP contribution in [0.25, 0.3) is 0 Å². The smallest absolute Gasteiger partial charge is 0.0431 e. The van der Waals surface area contributed by atoms with Crippen LogP contribution in [0.2, 0.25) is 0 Å². The topological polar surface area (TPSA) is 20.2 Å². The Balaban J connectivity index is 0. The molecule has 0 aromatic carbocycles. The molecule has 0 radical (unpaired) electrons. The van der Waals surface area contributed by atoms with E-state index in [0.29, 0.717) is 6.61 Å². The van der Waals surface area contributed by atoms with Gasteiger partial charge in [-0.05, 0) is 6.42 Å². The molecule has 0 saturated carbocycles. The SMILES string of the molecule is C.CCCCCCCCCCCCCCCCCCCCCCCO. The zero-order valence-corrected chi connectivity index (χ0v) is 17.0. The summed E-state index contributed by atoms with van der Waals surface area (Å²) in [6.07, 6.45) is 29.6. The number of aliphatic hydroxyl groups is 1. The Morgan fingerprint density at radius 1 is 0.360 bits per heavy atom. The third-order valence-electron chi connectivity index (χ3n) is 5.26. The maximum atomic E-state index is 8.72. The minimum Gasteiger partial charge on any atom is -0.396 e. The van der Waals surface area contributed by atoms with Gasteiger partial charge >= 0.3 is 0 Å². The molecular weight excluding hydrogens is 304 g/mol. The van der Waals surface area contributed by atoms with E-state index < -0.39 is 0 Å². The summed E-state index contributed by atoms with van der Waals surface area (Å²) in [7, 11) is 0. The first-order valence-corrected chi connectivity index (χ1v) is 11.5. The molecule has 0 aliphatic carbocycles. The van der Waals surface area contributed by atoms with Gasteiger partial charge in [-0.25, -0.2) is 0 Å². The number of hydrogen-bond donors (Lipinski definition) is 1. The van der Waals surface area contributed by atoms with Gasteiger partial charge in [0.15, 0.2) is 0 Å². The van der Waals surface area contributed by atoms with Gasteiger partial charge < -0.3 is 5.11 Å². The summed E-state index contributed by atoms with van der Waals surface area (Å²) in [6.45, 7) is 2.67. The predicted molar refractivity (Wildman–Crippen MR) is 116 cm³/mol. The van der Waals surface area contributed by atoms with Crippen molar-refractivity contribution in [2.24, 2.45) is 0 Å². The molecule has 1 heteroatoms. The quantitative estimate of drug-likeness (QED) is 0.204. The van der Waals surface area contributed by atoms with E-state index in [1.807, 2.05) is 0 Å². The highest BCUT2D eigenvalue weighted by atomic mass is 16.2. The molecule has 0 saturated heterocycles. The summed E-state index contributed by atoms with van der Waals surface area (Å²) in [6, 6.07) is 0. The van der Waals surface area contributed by atoms with Crippen molar-refractivity contribution < 1.29 is 5.11 Å². The molecule has 0 aromatic rings. The Hall–Kier alpha value is -0.0400. The van der Waals surface area contributed by atoms with Gasteiger partial charge in [-0.15, -0.1) is 0 Å². The Morgan fingerprint density at radius 2 is 0.560 bits per heavy atom. The van der Waals surface area contributed by atoms with Gasteiger partial charge in [-0.3, -0.25) is 0 Å². The Kier molecular flexibility index (Phi) is 28.5. The van der Waals surface area contributed by atoms with E-state index in [2.05, 4.69) is 6.92 Å². The minimum atomic E-state index is 0. The molecule has 0 aromatic heterocycles. The van der Waals surface area contributed by atoms with Crippen molar-refractivity contribution in [1.82, 2.24) is 0 Å². The predicted octanol–water partition coefficient (Wildman–Crippen LogP) is 8.83. The summed E-state index contributed by atoms with van der Waals surface area (Å²) >= 11 is 0. The lowest BCUT2D eigenvalue weighted by Crippen LogP contribution is -1.85. The number of hydrogen-bond acceptors (Lipinski definition) is 1. The van der Waals surface area contributed by atoms with Crippen LogP contribution in [-0.4, -0.2) is 11.7 Å². The fourth-order valence-electron chi connectivity index (χ4n) is 3.54. The molecule has 0 unspecified atom stereocenters. The van der Waals surface area contributed by atoms with E-state index in [4.69, 9.17) is 5.11 Å². The second-order valence-corrected chi connectivity index (χ2v) is 7.79. The summed E-state index contributed by atoms with van der Waals surface area (Å²) in [5, 5.41) is 8.72. The van der Waals surface area contributed by atoms with Crippen LogP contribution in [0.3, 0.4) is 0 Å². The van der Waals surface area contributed by atoms with E-state index in [-0.39, 0.29) is 7.43 Å². The van der Waals surface area contributed by atoms with Crippen LogP contribution in [0.1, 0.15) is 149 Å². The van der Waals surface area contributed by atoms with Crippen molar-refractivity contribution in [3.8, 4) is 0 Å². The second-order valence-electron chi connectivity index (χ2n) is 7.79. The molecule has 25 heavy (non-hydrogen) atoms. The first kappa shape index (κ1) is 27.2. The fraction of sp³-hybridized carbons (Fsp3) is 1.00. The third-order valence-corrected chi connectivity index (χ3v) is 5.26. The third kappa shape index (κ3) is 26.3. The monoisotopic (exact) mass is 356 g/mol. The number of unbranched alkanes of at least 4 members (excludes halogenated alkanes) is 20. The van der Waals surface area contributed by atoms with Crippen molar-refractivity contribution in [3.05, 3.63) is 0 Å². The molecule has 0 amide bonds. The summed E-state index contributed by atoms with van der Waals surface area (Å²) in [4.78, 5) is 0. The Morgan fingerprint density at radius 3 is 0.760 bits per heavy atom. The molecular formula is C24H52O. The van der Waals surface area contributed by atoms with E-state index >= 15 is 0 Å². The van der Waals surface area contributed by atoms with Crippen LogP contribution in [0.15, 0.2) is 0 Å². The van der Waals surface area contributed by atoms with Crippen LogP contribution in [0, 0.1) is 0 Å². The lowest BCUT2D eigenvalue weighted by molar-refractivity contribution is 0.282. The molecule has 154 valence electrons. The van der Waals surface area contributed by atoms with Crippen molar-refractivity contribution in [2.45, 2.75) is 149 Å². The van der Waals surface area contributed by atoms with Crippen molar-refractivity contribution in [1.29, 1.82) is 0 Å². The molecule has 0 atom stereocenters. The first-order valence-electron chi connectivity index (χ1n) is 11.5. The molecule has 1 nitrogen and oxygen atoms in total. The zero-order chi connectivity index (χ0) is 17.6.